The van der Waals surface area contributed by atoms with Crippen molar-refractivity contribution in [2.45, 2.75) is 31.9 Å². The third kappa shape index (κ3) is 6.38. The first-order valence-electron chi connectivity index (χ1n) is 11.4. The standard InChI is InChI=1S/C28H28FN3O3/c1-28(2,32-17-21(33)18-34-26-5-3-4-25-23(26)12-13-31-25)15-19-6-9-22(10-7-19)35-27-11-8-20(16-30)14-24(27)29/h3-14,21,31-33H,15,17-18H2,1-2H3/t21-/m0/s1. The number of ether oxygens (including phenoxy) is 2. The van der Waals surface area contributed by atoms with Gasteiger partial charge in [0.1, 0.15) is 24.2 Å². The molecule has 3 aromatic carbocycles. The smallest absolute Gasteiger partial charge is 0.167 e. The Morgan fingerprint density at radius 2 is 1.89 bits per heavy atom. The van der Waals surface area contributed by atoms with Gasteiger partial charge in [-0.25, -0.2) is 4.39 Å². The van der Waals surface area contributed by atoms with Crippen molar-refractivity contribution in [3.05, 3.63) is 89.9 Å². The van der Waals surface area contributed by atoms with Crippen LogP contribution >= 0.6 is 0 Å². The minimum Gasteiger partial charge on any atom is -0.490 e. The van der Waals surface area contributed by atoms with E-state index in [0.717, 1.165) is 34.7 Å². The summed E-state index contributed by atoms with van der Waals surface area (Å²) in [5.41, 5.74) is 2.04. The molecule has 0 fully saturated rings. The van der Waals surface area contributed by atoms with Gasteiger partial charge in [0, 0.05) is 29.2 Å². The molecule has 0 saturated carbocycles. The first kappa shape index (κ1) is 24.3. The molecule has 180 valence electrons. The van der Waals surface area contributed by atoms with Gasteiger partial charge in [0.05, 0.1) is 11.6 Å². The van der Waals surface area contributed by atoms with Crippen molar-refractivity contribution in [1.82, 2.24) is 10.3 Å². The van der Waals surface area contributed by atoms with Gasteiger partial charge >= 0.3 is 0 Å². The second-order valence-corrected chi connectivity index (χ2v) is 9.10. The fourth-order valence-corrected chi connectivity index (χ4v) is 3.85. The minimum absolute atomic E-state index is 0.0719. The molecule has 0 amide bonds. The highest BCUT2D eigenvalue weighted by Gasteiger charge is 2.20. The molecule has 0 aliphatic rings. The number of rotatable bonds is 10. The average Bonchev–Trinajstić information content (AvgIpc) is 3.33. The Morgan fingerprint density at radius 3 is 2.63 bits per heavy atom. The predicted octanol–water partition coefficient (Wildman–Crippen LogP) is 5.32. The van der Waals surface area contributed by atoms with Crippen molar-refractivity contribution in [2.24, 2.45) is 0 Å². The van der Waals surface area contributed by atoms with E-state index in [9.17, 15) is 9.50 Å². The fraction of sp³-hybridized carbons (Fsp3) is 0.250. The Morgan fingerprint density at radius 1 is 1.09 bits per heavy atom. The van der Waals surface area contributed by atoms with E-state index in [-0.39, 0.29) is 23.5 Å². The quantitative estimate of drug-likeness (QED) is 0.290. The van der Waals surface area contributed by atoms with E-state index in [4.69, 9.17) is 14.7 Å². The van der Waals surface area contributed by atoms with Crippen LogP contribution in [-0.2, 0) is 6.42 Å². The molecule has 3 N–H and O–H groups in total. The normalized spacial score (nSPS) is 12.3. The van der Waals surface area contributed by atoms with Gasteiger partial charge in [0.25, 0.3) is 0 Å². The van der Waals surface area contributed by atoms with Gasteiger partial charge in [-0.3, -0.25) is 0 Å². The molecule has 1 heterocycles. The summed E-state index contributed by atoms with van der Waals surface area (Å²) in [5.74, 6) is 0.742. The minimum atomic E-state index is -0.665. The van der Waals surface area contributed by atoms with Crippen molar-refractivity contribution in [2.75, 3.05) is 13.2 Å². The van der Waals surface area contributed by atoms with Crippen molar-refractivity contribution in [3.63, 3.8) is 0 Å². The number of benzene rings is 3. The molecule has 1 atom stereocenters. The van der Waals surface area contributed by atoms with Crippen LogP contribution in [0.15, 0.2) is 72.9 Å². The van der Waals surface area contributed by atoms with E-state index in [0.29, 0.717) is 12.3 Å². The lowest BCUT2D eigenvalue weighted by atomic mass is 9.94. The van der Waals surface area contributed by atoms with Gasteiger partial charge in [0.2, 0.25) is 0 Å². The van der Waals surface area contributed by atoms with E-state index in [1.165, 1.54) is 12.1 Å². The number of aromatic nitrogens is 1. The molecule has 0 radical (unpaired) electrons. The van der Waals surface area contributed by atoms with Crippen LogP contribution in [0.25, 0.3) is 10.9 Å². The lowest BCUT2D eigenvalue weighted by Gasteiger charge is -2.28. The number of halogens is 1. The summed E-state index contributed by atoms with van der Waals surface area (Å²) in [6.07, 6.45) is 1.91. The summed E-state index contributed by atoms with van der Waals surface area (Å²) in [6.45, 7) is 4.70. The van der Waals surface area contributed by atoms with Crippen LogP contribution in [-0.4, -0.2) is 34.9 Å². The van der Waals surface area contributed by atoms with Crippen LogP contribution in [0.4, 0.5) is 4.39 Å². The summed E-state index contributed by atoms with van der Waals surface area (Å²) in [7, 11) is 0. The number of aromatic amines is 1. The Kier molecular flexibility index (Phi) is 7.35. The maximum absolute atomic E-state index is 14.1. The Labute approximate surface area is 203 Å². The first-order chi connectivity index (χ1) is 16.8. The molecule has 0 spiro atoms. The third-order valence-corrected chi connectivity index (χ3v) is 5.66. The summed E-state index contributed by atoms with van der Waals surface area (Å²) in [5, 5.41) is 23.7. The SMILES string of the molecule is CC(C)(Cc1ccc(Oc2ccc(C#N)cc2F)cc1)NC[C@H](O)COc1cccc2[nH]ccc12. The highest BCUT2D eigenvalue weighted by atomic mass is 19.1. The van der Waals surface area contributed by atoms with Gasteiger partial charge < -0.3 is 24.9 Å². The van der Waals surface area contributed by atoms with Crippen LogP contribution < -0.4 is 14.8 Å². The van der Waals surface area contributed by atoms with Crippen molar-refractivity contribution < 1.29 is 19.0 Å². The molecule has 7 heteroatoms. The number of H-pyrrole nitrogens is 1. The topological polar surface area (TPSA) is 90.3 Å². The maximum atomic E-state index is 14.1. The van der Waals surface area contributed by atoms with Crippen LogP contribution in [0.5, 0.6) is 17.2 Å². The van der Waals surface area contributed by atoms with Crippen molar-refractivity contribution in [1.29, 1.82) is 5.26 Å². The molecular weight excluding hydrogens is 445 g/mol. The number of aliphatic hydroxyl groups is 1. The fourth-order valence-electron chi connectivity index (χ4n) is 3.85. The molecule has 0 aliphatic carbocycles. The van der Waals surface area contributed by atoms with Gasteiger partial charge in [-0.1, -0.05) is 18.2 Å². The molecular formula is C28H28FN3O3. The number of nitrogens with one attached hydrogen (secondary N) is 2. The summed E-state index contributed by atoms with van der Waals surface area (Å²) in [4.78, 5) is 3.15. The molecule has 0 aliphatic heterocycles. The highest BCUT2D eigenvalue weighted by molar-refractivity contribution is 5.85. The number of fused-ring (bicyclic) bond motifs is 1. The summed E-state index contributed by atoms with van der Waals surface area (Å²) >= 11 is 0. The largest absolute Gasteiger partial charge is 0.490 e. The van der Waals surface area contributed by atoms with E-state index in [1.54, 1.807) is 12.1 Å². The Hall–Kier alpha value is -3.86. The Balaban J connectivity index is 1.27. The second kappa shape index (κ2) is 10.6. The Bertz CT molecular complexity index is 1330. The molecule has 0 bridgehead atoms. The van der Waals surface area contributed by atoms with E-state index >= 15 is 0 Å². The lowest BCUT2D eigenvalue weighted by molar-refractivity contribution is 0.0996. The van der Waals surface area contributed by atoms with Crippen LogP contribution in [0.2, 0.25) is 0 Å². The molecule has 0 unspecified atom stereocenters. The third-order valence-electron chi connectivity index (χ3n) is 5.66. The average molecular weight is 474 g/mol. The second-order valence-electron chi connectivity index (χ2n) is 9.10. The maximum Gasteiger partial charge on any atom is 0.167 e. The molecule has 6 nitrogen and oxygen atoms in total. The van der Waals surface area contributed by atoms with E-state index in [1.807, 2.05) is 48.7 Å². The van der Waals surface area contributed by atoms with Crippen molar-refractivity contribution >= 4 is 10.9 Å². The van der Waals surface area contributed by atoms with Crippen LogP contribution in [0.1, 0.15) is 25.0 Å². The summed E-state index contributed by atoms with van der Waals surface area (Å²) in [6, 6.07) is 21.2. The van der Waals surface area contributed by atoms with Gasteiger partial charge in [0.15, 0.2) is 11.6 Å². The summed E-state index contributed by atoms with van der Waals surface area (Å²) < 4.78 is 25.5. The molecule has 4 aromatic rings. The van der Waals surface area contributed by atoms with Gasteiger partial charge in [-0.05, 0) is 74.4 Å². The van der Waals surface area contributed by atoms with Gasteiger partial charge in [-0.2, -0.15) is 5.26 Å². The number of hydrogen-bond donors (Lipinski definition) is 3. The van der Waals surface area contributed by atoms with E-state index < -0.39 is 11.9 Å². The number of hydrogen-bond acceptors (Lipinski definition) is 5. The van der Waals surface area contributed by atoms with Crippen molar-refractivity contribution in [3.8, 4) is 23.3 Å². The monoisotopic (exact) mass is 473 g/mol. The zero-order valence-corrected chi connectivity index (χ0v) is 19.7. The molecule has 35 heavy (non-hydrogen) atoms. The highest BCUT2D eigenvalue weighted by Crippen LogP contribution is 2.27. The van der Waals surface area contributed by atoms with Crippen LogP contribution in [0.3, 0.4) is 0 Å². The first-order valence-corrected chi connectivity index (χ1v) is 11.4. The van der Waals surface area contributed by atoms with E-state index in [2.05, 4.69) is 24.1 Å². The zero-order valence-electron chi connectivity index (χ0n) is 19.7. The number of nitrogens with zero attached hydrogens (tertiary/aromatic N) is 1. The number of aliphatic hydroxyl groups excluding tert-OH is 1. The lowest BCUT2D eigenvalue weighted by Crippen LogP contribution is -2.46. The number of β-amino-alcohol motifs (C(OH)–C–C–N with tert-alkyl or cyclic N) is 1. The molecule has 4 rings (SSSR count). The molecule has 1 aromatic heterocycles. The number of nitriles is 1. The zero-order chi connectivity index (χ0) is 24.8. The molecule has 0 saturated heterocycles. The van der Waals surface area contributed by atoms with Gasteiger partial charge in [-0.15, -0.1) is 0 Å². The predicted molar refractivity (Wildman–Crippen MR) is 133 cm³/mol. The van der Waals surface area contributed by atoms with Crippen LogP contribution in [0, 0.1) is 17.1 Å².